The minimum absolute atomic E-state index is 0.0412. The first kappa shape index (κ1) is 14.2. The maximum Gasteiger partial charge on any atom is 0.358 e. The number of benzene rings is 1. The van der Waals surface area contributed by atoms with Crippen LogP contribution in [0, 0.1) is 6.92 Å². The zero-order valence-electron chi connectivity index (χ0n) is 12.1. The van der Waals surface area contributed by atoms with Crippen LogP contribution in [0.4, 0.5) is 5.69 Å². The van der Waals surface area contributed by atoms with Gasteiger partial charge >= 0.3 is 5.97 Å². The zero-order chi connectivity index (χ0) is 15.7. The number of anilines is 1. The molecule has 0 atom stereocenters. The molecule has 1 saturated carbocycles. The van der Waals surface area contributed by atoms with E-state index in [1.165, 1.54) is 4.68 Å². The lowest BCUT2D eigenvalue weighted by molar-refractivity contribution is -0.117. The maximum absolute atomic E-state index is 12.2. The summed E-state index contributed by atoms with van der Waals surface area (Å²) in [5.74, 6) is -1.21. The summed E-state index contributed by atoms with van der Waals surface area (Å²) in [5, 5.41) is 19.5. The van der Waals surface area contributed by atoms with E-state index in [0.29, 0.717) is 5.69 Å². The highest BCUT2D eigenvalue weighted by Crippen LogP contribution is 2.41. The molecule has 1 amide bonds. The number of carboxylic acids is 1. The van der Waals surface area contributed by atoms with E-state index in [2.05, 4.69) is 15.6 Å². The monoisotopic (exact) mass is 300 g/mol. The van der Waals surface area contributed by atoms with Crippen molar-refractivity contribution in [1.29, 1.82) is 0 Å². The second kappa shape index (κ2) is 5.59. The number of hydrogen-bond acceptors (Lipinski definition) is 4. The number of nitrogens with one attached hydrogen (secondary N) is 1. The van der Waals surface area contributed by atoms with E-state index < -0.39 is 5.97 Å². The van der Waals surface area contributed by atoms with Crippen molar-refractivity contribution in [3.05, 3.63) is 41.2 Å². The number of nitrogens with zero attached hydrogens (tertiary/aromatic N) is 3. The number of rotatable bonds is 5. The highest BCUT2D eigenvalue weighted by Gasteiger charge is 2.34. The van der Waals surface area contributed by atoms with Crippen molar-refractivity contribution in [2.24, 2.45) is 0 Å². The molecule has 2 aromatic rings. The lowest BCUT2D eigenvalue weighted by Gasteiger charge is -2.09. The summed E-state index contributed by atoms with van der Waals surface area (Å²) in [6, 6.07) is 7.46. The first-order valence-electron chi connectivity index (χ1n) is 7.08. The van der Waals surface area contributed by atoms with Gasteiger partial charge in [-0.25, -0.2) is 9.48 Å². The molecule has 0 radical (unpaired) electrons. The number of aromatic carboxylic acids is 1. The van der Waals surface area contributed by atoms with Crippen LogP contribution in [0.1, 0.15) is 40.5 Å². The number of carbonyl (C=O) groups is 2. The zero-order valence-corrected chi connectivity index (χ0v) is 12.1. The molecule has 1 heterocycles. The Labute approximate surface area is 126 Å². The molecule has 1 aromatic carbocycles. The average molecular weight is 300 g/mol. The smallest absolute Gasteiger partial charge is 0.358 e. The molecular formula is C15H16N4O3. The van der Waals surface area contributed by atoms with Crippen molar-refractivity contribution >= 4 is 17.6 Å². The highest BCUT2D eigenvalue weighted by atomic mass is 16.4. The minimum atomic E-state index is -1.10. The molecule has 0 aliphatic heterocycles. The fraction of sp³-hybridized carbons (Fsp3) is 0.333. The third-order valence-electron chi connectivity index (χ3n) is 3.65. The van der Waals surface area contributed by atoms with Crippen molar-refractivity contribution < 1.29 is 14.7 Å². The number of carbonyl (C=O) groups excluding carboxylic acids is 1. The summed E-state index contributed by atoms with van der Waals surface area (Å²) >= 11 is 0. The van der Waals surface area contributed by atoms with Gasteiger partial charge in [0.2, 0.25) is 5.91 Å². The van der Waals surface area contributed by atoms with Gasteiger partial charge in [-0.15, -0.1) is 5.10 Å². The van der Waals surface area contributed by atoms with E-state index in [4.69, 9.17) is 5.11 Å². The molecule has 1 fully saturated rings. The molecule has 3 rings (SSSR count). The topological polar surface area (TPSA) is 97.1 Å². The predicted octanol–water partition coefficient (Wildman–Crippen LogP) is 1.80. The third-order valence-corrected chi connectivity index (χ3v) is 3.65. The molecule has 7 heteroatoms. The van der Waals surface area contributed by atoms with Crippen LogP contribution in [0.15, 0.2) is 24.3 Å². The van der Waals surface area contributed by atoms with Crippen molar-refractivity contribution in [3.63, 3.8) is 0 Å². The molecule has 0 saturated heterocycles. The van der Waals surface area contributed by atoms with Crippen molar-refractivity contribution in [2.45, 2.75) is 32.2 Å². The molecule has 0 spiro atoms. The van der Waals surface area contributed by atoms with E-state index in [-0.39, 0.29) is 24.1 Å². The van der Waals surface area contributed by atoms with Crippen LogP contribution in [0.3, 0.4) is 0 Å². The van der Waals surface area contributed by atoms with Gasteiger partial charge in [-0.05, 0) is 31.4 Å². The van der Waals surface area contributed by atoms with Crippen molar-refractivity contribution in [3.8, 4) is 0 Å². The van der Waals surface area contributed by atoms with Crippen LogP contribution in [0.2, 0.25) is 0 Å². The SMILES string of the molecule is Cc1ccccc1NC(=O)Cn1nnc(C(=O)O)c1C1CC1. The Kier molecular flexibility index (Phi) is 3.62. The summed E-state index contributed by atoms with van der Waals surface area (Å²) in [7, 11) is 0. The normalized spacial score (nSPS) is 13.9. The molecule has 114 valence electrons. The van der Waals surface area contributed by atoms with Crippen LogP contribution in [-0.2, 0) is 11.3 Å². The Morgan fingerprint density at radius 1 is 1.36 bits per heavy atom. The van der Waals surface area contributed by atoms with Crippen LogP contribution in [0.5, 0.6) is 0 Å². The Balaban J connectivity index is 1.77. The first-order valence-corrected chi connectivity index (χ1v) is 7.08. The Morgan fingerprint density at radius 2 is 2.09 bits per heavy atom. The fourth-order valence-corrected chi connectivity index (χ4v) is 2.39. The van der Waals surface area contributed by atoms with Gasteiger partial charge in [-0.1, -0.05) is 23.4 Å². The Bertz CT molecular complexity index is 734. The second-order valence-electron chi connectivity index (χ2n) is 5.42. The van der Waals surface area contributed by atoms with Crippen molar-refractivity contribution in [2.75, 3.05) is 5.32 Å². The maximum atomic E-state index is 12.2. The first-order chi connectivity index (χ1) is 10.6. The molecule has 2 N–H and O–H groups in total. The predicted molar refractivity (Wildman–Crippen MR) is 78.8 cm³/mol. The molecule has 7 nitrogen and oxygen atoms in total. The van der Waals surface area contributed by atoms with Crippen LogP contribution < -0.4 is 5.32 Å². The van der Waals surface area contributed by atoms with Gasteiger partial charge in [0, 0.05) is 11.6 Å². The summed E-state index contributed by atoms with van der Waals surface area (Å²) in [6.45, 7) is 1.86. The summed E-state index contributed by atoms with van der Waals surface area (Å²) in [5.41, 5.74) is 2.20. The second-order valence-corrected chi connectivity index (χ2v) is 5.42. The van der Waals surface area contributed by atoms with Gasteiger partial charge in [0.05, 0.1) is 5.69 Å². The average Bonchev–Trinajstić information content (AvgIpc) is 3.22. The highest BCUT2D eigenvalue weighted by molar-refractivity contribution is 5.91. The van der Waals surface area contributed by atoms with E-state index in [0.717, 1.165) is 24.1 Å². The van der Waals surface area contributed by atoms with E-state index >= 15 is 0 Å². The van der Waals surface area contributed by atoms with Gasteiger partial charge in [0.15, 0.2) is 5.69 Å². The van der Waals surface area contributed by atoms with E-state index in [1.54, 1.807) is 0 Å². The van der Waals surface area contributed by atoms with Crippen LogP contribution in [0.25, 0.3) is 0 Å². The number of aryl methyl sites for hydroxylation is 1. The third kappa shape index (κ3) is 2.83. The summed E-state index contributed by atoms with van der Waals surface area (Å²) < 4.78 is 1.40. The van der Waals surface area contributed by atoms with Crippen molar-refractivity contribution in [1.82, 2.24) is 15.0 Å². The summed E-state index contributed by atoms with van der Waals surface area (Å²) in [6.07, 6.45) is 1.82. The van der Waals surface area contributed by atoms with Gasteiger partial charge in [-0.2, -0.15) is 0 Å². The number of aromatic nitrogens is 3. The quantitative estimate of drug-likeness (QED) is 0.877. The lowest BCUT2D eigenvalue weighted by Crippen LogP contribution is -2.21. The van der Waals surface area contributed by atoms with Gasteiger partial charge in [0.1, 0.15) is 6.54 Å². The fourth-order valence-electron chi connectivity index (χ4n) is 2.39. The molecule has 22 heavy (non-hydrogen) atoms. The van der Waals surface area contributed by atoms with Crippen LogP contribution in [-0.4, -0.2) is 32.0 Å². The number of amides is 1. The number of carboxylic acid groups (broad SMARTS) is 1. The lowest BCUT2D eigenvalue weighted by atomic mass is 10.2. The number of hydrogen-bond donors (Lipinski definition) is 2. The van der Waals surface area contributed by atoms with E-state index in [1.807, 2.05) is 31.2 Å². The van der Waals surface area contributed by atoms with Gasteiger partial charge in [-0.3, -0.25) is 4.79 Å². The molecular weight excluding hydrogens is 284 g/mol. The standard InChI is InChI=1S/C15H16N4O3/c1-9-4-2-3-5-11(9)16-12(20)8-19-14(10-6-7-10)13(15(21)22)17-18-19/h2-5,10H,6-8H2,1H3,(H,16,20)(H,21,22). The van der Waals surface area contributed by atoms with Crippen LogP contribution >= 0.6 is 0 Å². The minimum Gasteiger partial charge on any atom is -0.476 e. The van der Waals surface area contributed by atoms with E-state index in [9.17, 15) is 9.59 Å². The molecule has 0 bridgehead atoms. The summed E-state index contributed by atoms with van der Waals surface area (Å²) in [4.78, 5) is 23.3. The molecule has 0 unspecified atom stereocenters. The van der Waals surface area contributed by atoms with Gasteiger partial charge in [0.25, 0.3) is 0 Å². The molecule has 1 aromatic heterocycles. The largest absolute Gasteiger partial charge is 0.476 e. The molecule has 1 aliphatic carbocycles. The number of para-hydroxylation sites is 1. The Hall–Kier alpha value is -2.70. The Morgan fingerprint density at radius 3 is 2.73 bits per heavy atom. The molecule has 1 aliphatic rings. The van der Waals surface area contributed by atoms with Gasteiger partial charge < -0.3 is 10.4 Å².